The molecule has 0 bridgehead atoms. The number of anilines is 1. The van der Waals surface area contributed by atoms with E-state index in [0.717, 1.165) is 18.7 Å². The fourth-order valence-electron chi connectivity index (χ4n) is 4.98. The Hall–Kier alpha value is -5.00. The second-order valence-electron chi connectivity index (χ2n) is 9.92. The quantitative estimate of drug-likeness (QED) is 0.472. The lowest BCUT2D eigenvalue weighted by Gasteiger charge is -2.37. The van der Waals surface area contributed by atoms with E-state index in [2.05, 4.69) is 25.2 Å². The summed E-state index contributed by atoms with van der Waals surface area (Å²) in [7, 11) is 0. The lowest BCUT2D eigenvalue weighted by Crippen LogP contribution is -2.52. The average molecular weight is 562 g/mol. The molecule has 3 aliphatic rings. The Balaban J connectivity index is 1.14. The molecule has 0 spiro atoms. The van der Waals surface area contributed by atoms with Crippen LogP contribution in [0.3, 0.4) is 0 Å². The maximum absolute atomic E-state index is 14.8. The summed E-state index contributed by atoms with van der Waals surface area (Å²) < 4.78 is 30.0. The first-order valence-corrected chi connectivity index (χ1v) is 13.1. The molecule has 2 saturated heterocycles. The minimum atomic E-state index is -0.714. The molecule has 5 heterocycles. The summed E-state index contributed by atoms with van der Waals surface area (Å²) in [6.07, 6.45) is 3.97. The van der Waals surface area contributed by atoms with E-state index in [1.807, 2.05) is 11.0 Å². The summed E-state index contributed by atoms with van der Waals surface area (Å²) >= 11 is 0. The predicted octanol–water partition coefficient (Wildman–Crippen LogP) is 2.04. The van der Waals surface area contributed by atoms with Gasteiger partial charge in [0.25, 0.3) is 5.91 Å². The van der Waals surface area contributed by atoms with Gasteiger partial charge in [0.05, 0.1) is 23.9 Å². The van der Waals surface area contributed by atoms with Crippen LogP contribution in [0.1, 0.15) is 46.5 Å². The number of amides is 3. The molecule has 15 heteroatoms. The Morgan fingerprint density at radius 1 is 1.02 bits per heavy atom. The van der Waals surface area contributed by atoms with Gasteiger partial charge in [0, 0.05) is 51.9 Å². The molecule has 2 fully saturated rings. The number of nitriles is 1. The van der Waals surface area contributed by atoms with Crippen molar-refractivity contribution in [3.63, 3.8) is 0 Å². The van der Waals surface area contributed by atoms with E-state index in [1.165, 1.54) is 15.8 Å². The summed E-state index contributed by atoms with van der Waals surface area (Å²) in [6, 6.07) is 5.08. The van der Waals surface area contributed by atoms with Gasteiger partial charge in [-0.25, -0.2) is 28.6 Å². The van der Waals surface area contributed by atoms with Gasteiger partial charge < -0.3 is 14.7 Å². The summed E-state index contributed by atoms with van der Waals surface area (Å²) in [5.74, 6) is -1.14. The summed E-state index contributed by atoms with van der Waals surface area (Å²) in [4.78, 5) is 43.7. The Kier molecular flexibility index (Phi) is 6.73. The van der Waals surface area contributed by atoms with Crippen molar-refractivity contribution in [3.05, 3.63) is 58.8 Å². The monoisotopic (exact) mass is 561 g/mol. The van der Waals surface area contributed by atoms with Crippen molar-refractivity contribution in [2.75, 3.05) is 44.2 Å². The molecular weight excluding hydrogens is 536 g/mol. The molecule has 0 N–H and O–H groups in total. The molecule has 41 heavy (non-hydrogen) atoms. The van der Waals surface area contributed by atoms with E-state index in [9.17, 15) is 23.6 Å². The first-order valence-electron chi connectivity index (χ1n) is 13.1. The molecule has 1 atom stereocenters. The highest BCUT2D eigenvalue weighted by Gasteiger charge is 2.34. The van der Waals surface area contributed by atoms with E-state index in [1.54, 1.807) is 29.0 Å². The number of carbonyl (C=O) groups excluding carboxylic acids is 2. The molecule has 0 aliphatic carbocycles. The normalized spacial score (nSPS) is 18.4. The van der Waals surface area contributed by atoms with Crippen LogP contribution in [-0.2, 0) is 0 Å². The Morgan fingerprint density at radius 2 is 1.80 bits per heavy atom. The topological polar surface area (TPSA) is 140 Å². The molecule has 6 rings (SSSR count). The largest absolute Gasteiger partial charge is 0.341 e. The first-order chi connectivity index (χ1) is 19.8. The number of benzene rings is 1. The Bertz CT molecular complexity index is 1590. The zero-order valence-electron chi connectivity index (χ0n) is 22.1. The van der Waals surface area contributed by atoms with Crippen LogP contribution in [0.2, 0.25) is 0 Å². The third kappa shape index (κ3) is 4.92. The lowest BCUT2D eigenvalue weighted by atomic mass is 10.0. The smallest absolute Gasteiger partial charge is 0.337 e. The maximum Gasteiger partial charge on any atom is 0.341 e. The second-order valence-corrected chi connectivity index (χ2v) is 9.92. The fraction of sp³-hybridized carbons (Fsp3) is 0.385. The minimum Gasteiger partial charge on any atom is -0.337 e. The third-order valence-corrected chi connectivity index (χ3v) is 7.31. The van der Waals surface area contributed by atoms with Gasteiger partial charge in [-0.15, -0.1) is 5.10 Å². The van der Waals surface area contributed by atoms with Crippen LogP contribution in [0.5, 0.6) is 0 Å². The zero-order valence-corrected chi connectivity index (χ0v) is 22.1. The summed E-state index contributed by atoms with van der Waals surface area (Å²) in [5, 5.41) is 18.9. The van der Waals surface area contributed by atoms with E-state index >= 15 is 0 Å². The highest BCUT2D eigenvalue weighted by Crippen LogP contribution is 2.31. The highest BCUT2D eigenvalue weighted by atomic mass is 19.1. The summed E-state index contributed by atoms with van der Waals surface area (Å²) in [6.45, 7) is 4.27. The fourth-order valence-corrected chi connectivity index (χ4v) is 4.98. The Labute approximate surface area is 233 Å². The number of aryl methyl sites for hydroxylation is 1. The molecule has 1 aromatic carbocycles. The molecule has 0 saturated carbocycles. The molecule has 1 unspecified atom stereocenters. The van der Waals surface area contributed by atoms with Gasteiger partial charge in [-0.1, -0.05) is 0 Å². The van der Waals surface area contributed by atoms with Crippen molar-refractivity contribution in [1.82, 2.24) is 39.5 Å². The number of rotatable bonds is 4. The van der Waals surface area contributed by atoms with Crippen LogP contribution < -0.4 is 4.90 Å². The standard InChI is InChI=1S/C26H25F2N11O2/c1-16-32-22(24(40)35-5-2-6-35)34-38(16)23-20(28)15-30-25(33-23)36-7-9-37(10-8-36)26(41)39-21(3-4-31-39)18-11-17(14-29)12-19(27)13-18/h4,11-13,15,21H,2-3,5-10H2,1H3. The first kappa shape index (κ1) is 26.2. The minimum absolute atomic E-state index is 0.0150. The highest BCUT2D eigenvalue weighted by molar-refractivity contribution is 5.91. The number of halogens is 2. The van der Waals surface area contributed by atoms with E-state index in [4.69, 9.17) is 0 Å². The summed E-state index contributed by atoms with van der Waals surface area (Å²) in [5.41, 5.74) is 0.669. The average Bonchev–Trinajstić information content (AvgIpc) is 3.59. The van der Waals surface area contributed by atoms with Crippen LogP contribution >= 0.6 is 0 Å². The number of piperazine rings is 1. The molecule has 3 aliphatic heterocycles. The van der Waals surface area contributed by atoms with Crippen molar-refractivity contribution in [2.24, 2.45) is 5.10 Å². The number of urea groups is 1. The third-order valence-electron chi connectivity index (χ3n) is 7.31. The number of hydrazone groups is 1. The molecule has 13 nitrogen and oxygen atoms in total. The van der Waals surface area contributed by atoms with Crippen molar-refractivity contribution in [3.8, 4) is 11.9 Å². The number of carbonyl (C=O) groups is 2. The molecule has 3 aromatic rings. The molecule has 3 amide bonds. The second kappa shape index (κ2) is 10.5. The predicted molar refractivity (Wildman–Crippen MR) is 140 cm³/mol. The molecular formula is C26H25F2N11O2. The van der Waals surface area contributed by atoms with E-state index in [0.29, 0.717) is 57.1 Å². The zero-order chi connectivity index (χ0) is 28.7. The van der Waals surface area contributed by atoms with Gasteiger partial charge in [0.15, 0.2) is 11.6 Å². The van der Waals surface area contributed by atoms with Crippen LogP contribution in [0.15, 0.2) is 29.5 Å². The van der Waals surface area contributed by atoms with Crippen LogP contribution in [0, 0.1) is 29.9 Å². The van der Waals surface area contributed by atoms with E-state index < -0.39 is 17.7 Å². The van der Waals surface area contributed by atoms with Crippen molar-refractivity contribution < 1.29 is 18.4 Å². The van der Waals surface area contributed by atoms with Gasteiger partial charge in [0.1, 0.15) is 11.6 Å². The number of likely N-dealkylation sites (tertiary alicyclic amines) is 1. The van der Waals surface area contributed by atoms with Crippen molar-refractivity contribution in [2.45, 2.75) is 25.8 Å². The lowest BCUT2D eigenvalue weighted by molar-refractivity contribution is 0.0639. The number of aromatic nitrogens is 5. The van der Waals surface area contributed by atoms with E-state index in [-0.39, 0.29) is 35.1 Å². The molecule has 210 valence electrons. The SMILES string of the molecule is Cc1nc(C(=O)N2CCC2)nn1-c1nc(N2CCN(C(=O)N3N=CCC3c3cc(F)cc(C#N)c3)CC2)ncc1F. The van der Waals surface area contributed by atoms with Gasteiger partial charge >= 0.3 is 6.03 Å². The van der Waals surface area contributed by atoms with Crippen molar-refractivity contribution >= 4 is 24.1 Å². The molecule has 2 aromatic heterocycles. The number of hydrogen-bond donors (Lipinski definition) is 0. The van der Waals surface area contributed by atoms with Crippen LogP contribution in [0.4, 0.5) is 19.5 Å². The van der Waals surface area contributed by atoms with Gasteiger partial charge in [-0.05, 0) is 37.1 Å². The molecule has 0 radical (unpaired) electrons. The van der Waals surface area contributed by atoms with Gasteiger partial charge in [0.2, 0.25) is 11.8 Å². The number of nitrogens with zero attached hydrogens (tertiary/aromatic N) is 11. The van der Waals surface area contributed by atoms with Gasteiger partial charge in [-0.2, -0.15) is 20.0 Å². The van der Waals surface area contributed by atoms with Crippen LogP contribution in [0.25, 0.3) is 5.82 Å². The van der Waals surface area contributed by atoms with Crippen molar-refractivity contribution in [1.29, 1.82) is 5.26 Å². The van der Waals surface area contributed by atoms with Crippen LogP contribution in [-0.4, -0.2) is 97.0 Å². The Morgan fingerprint density at radius 3 is 2.51 bits per heavy atom. The van der Waals surface area contributed by atoms with Gasteiger partial charge in [-0.3, -0.25) is 4.79 Å². The maximum atomic E-state index is 14.8. The number of hydrogen-bond acceptors (Lipinski definition) is 9.